The van der Waals surface area contributed by atoms with Crippen LogP contribution in [-0.2, 0) is 6.18 Å². The highest BCUT2D eigenvalue weighted by Crippen LogP contribution is 2.37. The third kappa shape index (κ3) is 6.57. The van der Waals surface area contributed by atoms with Gasteiger partial charge in [-0.05, 0) is 70.2 Å². The molecule has 0 atom stereocenters. The molecule has 1 fully saturated rings. The van der Waals surface area contributed by atoms with Gasteiger partial charge < -0.3 is 15.1 Å². The van der Waals surface area contributed by atoms with Crippen molar-refractivity contribution in [1.29, 1.82) is 0 Å². The number of piperidine rings is 1. The molecule has 0 saturated carbocycles. The van der Waals surface area contributed by atoms with Crippen LogP contribution < -0.4 is 5.32 Å². The van der Waals surface area contributed by atoms with Crippen LogP contribution in [0.5, 0.6) is 0 Å². The van der Waals surface area contributed by atoms with E-state index in [1.54, 1.807) is 0 Å². The molecule has 0 radical (unpaired) electrons. The van der Waals surface area contributed by atoms with Gasteiger partial charge in [-0.3, -0.25) is 4.99 Å². The lowest BCUT2D eigenvalue weighted by Crippen LogP contribution is -2.38. The summed E-state index contributed by atoms with van der Waals surface area (Å²) in [4.78, 5) is 8.53. The summed E-state index contributed by atoms with van der Waals surface area (Å²) in [6.45, 7) is 16.6. The van der Waals surface area contributed by atoms with Crippen LogP contribution in [0.15, 0.2) is 29.3 Å². The second kappa shape index (κ2) is 11.5. The zero-order chi connectivity index (χ0) is 22.1. The van der Waals surface area contributed by atoms with Crippen molar-refractivity contribution in [1.82, 2.24) is 15.1 Å². The third-order valence-corrected chi connectivity index (χ3v) is 5.93. The highest BCUT2D eigenvalue weighted by Gasteiger charge is 2.32. The van der Waals surface area contributed by atoms with Crippen LogP contribution in [0.25, 0.3) is 5.70 Å². The Kier molecular flexibility index (Phi) is 9.37. The maximum atomic E-state index is 13.2. The molecule has 0 amide bonds. The second-order valence-corrected chi connectivity index (χ2v) is 7.72. The molecule has 0 aliphatic carbocycles. The number of alkyl halides is 3. The molecule has 168 valence electrons. The second-order valence-electron chi connectivity index (χ2n) is 7.72. The number of nitrogens with one attached hydrogen (secondary N) is 1. The van der Waals surface area contributed by atoms with Gasteiger partial charge in [-0.25, -0.2) is 0 Å². The lowest BCUT2D eigenvalue weighted by atomic mass is 9.95. The lowest BCUT2D eigenvalue weighted by molar-refractivity contribution is -0.137. The standard InChI is InChI=1S/C23H35F3N4/c1-5-22(20-16-19(23(24,25)26)8-9-21(20)27-4)30-13-10-18(11-14-30)17-28-12-15-29(6-2)7-3/h5,8-9,16,18,28H,4,6-7,10-15,17H2,1-3H3/b22-5+. The number of rotatable bonds is 10. The summed E-state index contributed by atoms with van der Waals surface area (Å²) in [5.74, 6) is 0.592. The first kappa shape index (κ1) is 24.4. The van der Waals surface area contributed by atoms with Crippen molar-refractivity contribution in [3.8, 4) is 0 Å². The Hall–Kier alpha value is -1.86. The molecule has 1 aromatic carbocycles. The zero-order valence-electron chi connectivity index (χ0n) is 18.4. The fourth-order valence-electron chi connectivity index (χ4n) is 4.03. The van der Waals surface area contributed by atoms with E-state index in [9.17, 15) is 13.2 Å². The summed E-state index contributed by atoms with van der Waals surface area (Å²) in [6.07, 6.45) is -0.458. The normalized spacial score (nSPS) is 16.4. The highest BCUT2D eigenvalue weighted by atomic mass is 19.4. The molecule has 0 unspecified atom stereocenters. The Morgan fingerprint density at radius 1 is 1.27 bits per heavy atom. The van der Waals surface area contributed by atoms with Gasteiger partial charge in [0.15, 0.2) is 0 Å². The van der Waals surface area contributed by atoms with Crippen LogP contribution in [0.3, 0.4) is 0 Å². The molecule has 1 aliphatic heterocycles. The Labute approximate surface area is 178 Å². The largest absolute Gasteiger partial charge is 0.416 e. The Morgan fingerprint density at radius 2 is 1.93 bits per heavy atom. The number of benzene rings is 1. The van der Waals surface area contributed by atoms with Gasteiger partial charge in [0.2, 0.25) is 0 Å². The molecule has 0 spiro atoms. The monoisotopic (exact) mass is 424 g/mol. The van der Waals surface area contributed by atoms with Crippen LogP contribution in [0.4, 0.5) is 18.9 Å². The van der Waals surface area contributed by atoms with Crippen molar-refractivity contribution in [3.63, 3.8) is 0 Å². The Morgan fingerprint density at radius 3 is 2.47 bits per heavy atom. The molecule has 0 aromatic heterocycles. The van der Waals surface area contributed by atoms with Crippen molar-refractivity contribution < 1.29 is 13.2 Å². The van der Waals surface area contributed by atoms with Gasteiger partial charge in [-0.2, -0.15) is 13.2 Å². The highest BCUT2D eigenvalue weighted by molar-refractivity contribution is 5.75. The molecular weight excluding hydrogens is 389 g/mol. The molecule has 4 nitrogen and oxygen atoms in total. The van der Waals surface area contributed by atoms with E-state index >= 15 is 0 Å². The van der Waals surface area contributed by atoms with E-state index in [1.165, 1.54) is 12.1 Å². The minimum Gasteiger partial charge on any atom is -0.371 e. The molecule has 0 bridgehead atoms. The molecular formula is C23H35F3N4. The zero-order valence-corrected chi connectivity index (χ0v) is 18.4. The van der Waals surface area contributed by atoms with Gasteiger partial charge in [0.25, 0.3) is 0 Å². The van der Waals surface area contributed by atoms with Crippen molar-refractivity contribution in [3.05, 3.63) is 35.4 Å². The van der Waals surface area contributed by atoms with Crippen molar-refractivity contribution >= 4 is 18.1 Å². The fraction of sp³-hybridized carbons (Fsp3) is 0.609. The number of likely N-dealkylation sites (N-methyl/N-ethyl adjacent to an activating group) is 1. The Balaban J connectivity index is 1.97. The quantitative estimate of drug-likeness (QED) is 0.422. The first-order valence-electron chi connectivity index (χ1n) is 10.9. The van der Waals surface area contributed by atoms with Gasteiger partial charge in [-0.1, -0.05) is 19.9 Å². The van der Waals surface area contributed by atoms with E-state index < -0.39 is 11.7 Å². The number of allylic oxidation sites excluding steroid dienone is 1. The van der Waals surface area contributed by atoms with E-state index in [0.717, 1.165) is 70.4 Å². The van der Waals surface area contributed by atoms with Gasteiger partial charge in [0, 0.05) is 37.4 Å². The van der Waals surface area contributed by atoms with Gasteiger partial charge in [-0.15, -0.1) is 0 Å². The molecule has 1 N–H and O–H groups in total. The minimum absolute atomic E-state index is 0.483. The van der Waals surface area contributed by atoms with Crippen molar-refractivity contribution in [2.75, 3.05) is 45.8 Å². The topological polar surface area (TPSA) is 30.9 Å². The van der Waals surface area contributed by atoms with Crippen molar-refractivity contribution in [2.24, 2.45) is 10.9 Å². The maximum absolute atomic E-state index is 13.2. The van der Waals surface area contributed by atoms with Crippen LogP contribution in [0.1, 0.15) is 44.7 Å². The molecule has 2 rings (SSSR count). The molecule has 1 heterocycles. The number of halogens is 3. The summed E-state index contributed by atoms with van der Waals surface area (Å²) in [7, 11) is 0. The molecule has 7 heteroatoms. The maximum Gasteiger partial charge on any atom is 0.416 e. The number of likely N-dealkylation sites (tertiary alicyclic amines) is 1. The summed E-state index contributed by atoms with van der Waals surface area (Å²) >= 11 is 0. The SMILES string of the molecule is C=Nc1ccc(C(F)(F)F)cc1/C(=C\C)N1CCC(CNCCN(CC)CC)CC1. The molecule has 30 heavy (non-hydrogen) atoms. The van der Waals surface area contributed by atoms with Gasteiger partial charge >= 0.3 is 6.18 Å². The van der Waals surface area contributed by atoms with Crippen LogP contribution in [0.2, 0.25) is 0 Å². The van der Waals surface area contributed by atoms with E-state index in [0.29, 0.717) is 17.2 Å². The van der Waals surface area contributed by atoms with E-state index in [1.807, 2.05) is 13.0 Å². The summed E-state index contributed by atoms with van der Waals surface area (Å²) in [6, 6.07) is 3.67. The number of hydrogen-bond donors (Lipinski definition) is 1. The fourth-order valence-corrected chi connectivity index (χ4v) is 4.03. The van der Waals surface area contributed by atoms with Gasteiger partial charge in [0.1, 0.15) is 0 Å². The number of hydrogen-bond acceptors (Lipinski definition) is 4. The van der Waals surface area contributed by atoms with Crippen LogP contribution in [-0.4, -0.2) is 62.3 Å². The predicted octanol–water partition coefficient (Wildman–Crippen LogP) is 5.04. The predicted molar refractivity (Wildman–Crippen MR) is 119 cm³/mol. The van der Waals surface area contributed by atoms with Crippen LogP contribution >= 0.6 is 0 Å². The molecule has 1 aliphatic rings. The third-order valence-electron chi connectivity index (χ3n) is 5.93. The van der Waals surface area contributed by atoms with Gasteiger partial charge in [0.05, 0.1) is 11.3 Å². The summed E-state index contributed by atoms with van der Waals surface area (Å²) in [5, 5.41) is 3.56. The minimum atomic E-state index is -4.38. The number of nitrogens with zero attached hydrogens (tertiary/aromatic N) is 3. The van der Waals surface area contributed by atoms with Crippen LogP contribution in [0, 0.1) is 5.92 Å². The number of aliphatic imine (C=N–C) groups is 1. The summed E-state index contributed by atoms with van der Waals surface area (Å²) < 4.78 is 39.7. The Bertz CT molecular complexity index is 703. The summed E-state index contributed by atoms with van der Waals surface area (Å²) in [5.41, 5.74) is 1.13. The van der Waals surface area contributed by atoms with E-state index in [-0.39, 0.29) is 0 Å². The molecule has 1 saturated heterocycles. The van der Waals surface area contributed by atoms with E-state index in [4.69, 9.17) is 0 Å². The first-order chi connectivity index (χ1) is 14.3. The van der Waals surface area contributed by atoms with E-state index in [2.05, 4.69) is 40.7 Å². The average Bonchev–Trinajstić information content (AvgIpc) is 2.74. The lowest BCUT2D eigenvalue weighted by Gasteiger charge is -2.36. The molecule has 1 aromatic rings. The first-order valence-corrected chi connectivity index (χ1v) is 10.9. The smallest absolute Gasteiger partial charge is 0.371 e. The average molecular weight is 425 g/mol. The van der Waals surface area contributed by atoms with Crippen molar-refractivity contribution in [2.45, 2.75) is 39.8 Å².